The van der Waals surface area contributed by atoms with Crippen LogP contribution in [-0.4, -0.2) is 32.6 Å². The molecule has 27 heavy (non-hydrogen) atoms. The Morgan fingerprint density at radius 3 is 2.44 bits per heavy atom. The molecule has 0 unspecified atom stereocenters. The standard InChI is InChI=1S/C21H26N2O4/c1-5-16-8-6-7-9-18(16)22-21(25)12-13-23(15(2)24)19-11-10-17(26-3)14-20(19)27-4/h6-11,14H,5,12-13H2,1-4H3,(H,22,25). The molecule has 0 saturated carbocycles. The fraction of sp³-hybridized carbons (Fsp3) is 0.333. The van der Waals surface area contributed by atoms with Gasteiger partial charge in [-0.15, -0.1) is 0 Å². The lowest BCUT2D eigenvalue weighted by atomic mass is 10.1. The van der Waals surface area contributed by atoms with Gasteiger partial charge in [0.15, 0.2) is 0 Å². The number of para-hydroxylation sites is 1. The number of aryl methyl sites for hydroxylation is 1. The summed E-state index contributed by atoms with van der Waals surface area (Å²) in [5.41, 5.74) is 2.49. The molecule has 0 aliphatic heterocycles. The van der Waals surface area contributed by atoms with Crippen molar-refractivity contribution in [2.75, 3.05) is 31.0 Å². The van der Waals surface area contributed by atoms with Crippen LogP contribution in [0.4, 0.5) is 11.4 Å². The van der Waals surface area contributed by atoms with E-state index in [-0.39, 0.29) is 24.8 Å². The van der Waals surface area contributed by atoms with Crippen molar-refractivity contribution in [1.82, 2.24) is 0 Å². The van der Waals surface area contributed by atoms with Crippen LogP contribution in [0, 0.1) is 0 Å². The van der Waals surface area contributed by atoms with Crippen LogP contribution in [0.25, 0.3) is 0 Å². The lowest BCUT2D eigenvalue weighted by Gasteiger charge is -2.23. The van der Waals surface area contributed by atoms with Crippen LogP contribution in [0.1, 0.15) is 25.8 Å². The van der Waals surface area contributed by atoms with Gasteiger partial charge in [0.05, 0.1) is 19.9 Å². The Labute approximate surface area is 160 Å². The van der Waals surface area contributed by atoms with E-state index in [1.165, 1.54) is 18.9 Å². The summed E-state index contributed by atoms with van der Waals surface area (Å²) in [4.78, 5) is 26.1. The molecule has 1 N–H and O–H groups in total. The maximum Gasteiger partial charge on any atom is 0.226 e. The van der Waals surface area contributed by atoms with Gasteiger partial charge in [0.2, 0.25) is 11.8 Å². The lowest BCUT2D eigenvalue weighted by Crippen LogP contribution is -2.32. The second-order valence-electron chi connectivity index (χ2n) is 6.02. The van der Waals surface area contributed by atoms with Crippen LogP contribution >= 0.6 is 0 Å². The minimum atomic E-state index is -0.166. The van der Waals surface area contributed by atoms with Gasteiger partial charge in [0.25, 0.3) is 0 Å². The number of rotatable bonds is 8. The molecule has 6 heteroatoms. The zero-order valence-electron chi connectivity index (χ0n) is 16.2. The summed E-state index contributed by atoms with van der Waals surface area (Å²) in [6.07, 6.45) is 1.01. The van der Waals surface area contributed by atoms with Crippen LogP contribution in [0.5, 0.6) is 11.5 Å². The SMILES string of the molecule is CCc1ccccc1NC(=O)CCN(C(C)=O)c1ccc(OC)cc1OC. The summed E-state index contributed by atoms with van der Waals surface area (Å²) >= 11 is 0. The number of benzene rings is 2. The largest absolute Gasteiger partial charge is 0.497 e. The van der Waals surface area contributed by atoms with Gasteiger partial charge >= 0.3 is 0 Å². The third-order valence-electron chi connectivity index (χ3n) is 4.29. The molecule has 6 nitrogen and oxygen atoms in total. The zero-order valence-corrected chi connectivity index (χ0v) is 16.2. The van der Waals surface area contributed by atoms with Gasteiger partial charge in [-0.25, -0.2) is 0 Å². The van der Waals surface area contributed by atoms with E-state index >= 15 is 0 Å². The average molecular weight is 370 g/mol. The number of nitrogens with one attached hydrogen (secondary N) is 1. The minimum absolute atomic E-state index is 0.144. The van der Waals surface area contributed by atoms with Gasteiger partial charge in [0.1, 0.15) is 11.5 Å². The minimum Gasteiger partial charge on any atom is -0.497 e. The van der Waals surface area contributed by atoms with Crippen LogP contribution in [-0.2, 0) is 16.0 Å². The highest BCUT2D eigenvalue weighted by atomic mass is 16.5. The highest BCUT2D eigenvalue weighted by molar-refractivity contribution is 5.96. The number of carbonyl (C=O) groups excluding carboxylic acids is 2. The van der Waals surface area contributed by atoms with Crippen molar-refractivity contribution in [3.63, 3.8) is 0 Å². The summed E-state index contributed by atoms with van der Waals surface area (Å²) in [6, 6.07) is 12.9. The zero-order chi connectivity index (χ0) is 19.8. The monoisotopic (exact) mass is 370 g/mol. The molecule has 0 radical (unpaired) electrons. The summed E-state index contributed by atoms with van der Waals surface area (Å²) in [7, 11) is 3.10. The summed E-state index contributed by atoms with van der Waals surface area (Å²) in [5, 5.41) is 2.93. The highest BCUT2D eigenvalue weighted by Crippen LogP contribution is 2.32. The van der Waals surface area contributed by atoms with E-state index in [4.69, 9.17) is 9.47 Å². The molecule has 144 valence electrons. The van der Waals surface area contributed by atoms with Gasteiger partial charge in [-0.1, -0.05) is 25.1 Å². The maximum atomic E-state index is 12.4. The normalized spacial score (nSPS) is 10.2. The first-order valence-corrected chi connectivity index (χ1v) is 8.88. The van der Waals surface area contributed by atoms with Gasteiger partial charge in [-0.05, 0) is 30.2 Å². The Balaban J connectivity index is 2.11. The molecule has 0 bridgehead atoms. The quantitative estimate of drug-likeness (QED) is 0.770. The summed E-state index contributed by atoms with van der Waals surface area (Å²) in [6.45, 7) is 3.75. The molecule has 0 spiro atoms. The number of anilines is 2. The predicted molar refractivity (Wildman–Crippen MR) is 107 cm³/mol. The first-order valence-electron chi connectivity index (χ1n) is 8.88. The van der Waals surface area contributed by atoms with E-state index in [1.54, 1.807) is 25.3 Å². The van der Waals surface area contributed by atoms with Crippen LogP contribution in [0.3, 0.4) is 0 Å². The maximum absolute atomic E-state index is 12.4. The number of hydrogen-bond acceptors (Lipinski definition) is 4. The molecule has 2 aromatic carbocycles. The Morgan fingerprint density at radius 2 is 1.81 bits per heavy atom. The number of nitrogens with zero attached hydrogens (tertiary/aromatic N) is 1. The molecule has 0 fully saturated rings. The highest BCUT2D eigenvalue weighted by Gasteiger charge is 2.18. The molecule has 0 atom stereocenters. The molecular weight excluding hydrogens is 344 g/mol. The van der Waals surface area contributed by atoms with Crippen molar-refractivity contribution >= 4 is 23.2 Å². The van der Waals surface area contributed by atoms with E-state index in [0.717, 1.165) is 17.7 Å². The number of methoxy groups -OCH3 is 2. The smallest absolute Gasteiger partial charge is 0.226 e. The Bertz CT molecular complexity index is 805. The van der Waals surface area contributed by atoms with Crippen molar-refractivity contribution in [2.45, 2.75) is 26.7 Å². The van der Waals surface area contributed by atoms with Crippen molar-refractivity contribution in [1.29, 1.82) is 0 Å². The lowest BCUT2D eigenvalue weighted by molar-refractivity contribution is -0.117. The Hall–Kier alpha value is -3.02. The van der Waals surface area contributed by atoms with E-state index in [1.807, 2.05) is 31.2 Å². The third-order valence-corrected chi connectivity index (χ3v) is 4.29. The second kappa shape index (κ2) is 9.62. The van der Waals surface area contributed by atoms with Crippen molar-refractivity contribution < 1.29 is 19.1 Å². The number of ether oxygens (including phenoxy) is 2. The van der Waals surface area contributed by atoms with Crippen molar-refractivity contribution in [2.24, 2.45) is 0 Å². The number of hydrogen-bond donors (Lipinski definition) is 1. The molecule has 2 rings (SSSR count). The molecule has 0 saturated heterocycles. The summed E-state index contributed by atoms with van der Waals surface area (Å²) in [5.74, 6) is 0.837. The fourth-order valence-electron chi connectivity index (χ4n) is 2.83. The van der Waals surface area contributed by atoms with Gasteiger partial charge < -0.3 is 19.7 Å². The van der Waals surface area contributed by atoms with E-state index in [2.05, 4.69) is 5.32 Å². The van der Waals surface area contributed by atoms with Crippen LogP contribution in [0.15, 0.2) is 42.5 Å². The van der Waals surface area contributed by atoms with Gasteiger partial charge in [0, 0.05) is 31.6 Å². The van der Waals surface area contributed by atoms with Gasteiger partial charge in [-0.3, -0.25) is 9.59 Å². The number of amides is 2. The van der Waals surface area contributed by atoms with Crippen LogP contribution < -0.4 is 19.7 Å². The molecule has 0 aromatic heterocycles. The first kappa shape index (κ1) is 20.3. The molecule has 0 aliphatic rings. The molecule has 2 amide bonds. The van der Waals surface area contributed by atoms with E-state index in [0.29, 0.717) is 17.2 Å². The topological polar surface area (TPSA) is 67.9 Å². The molecule has 0 aliphatic carbocycles. The predicted octanol–water partition coefficient (Wildman–Crippen LogP) is 3.65. The Kier molecular flexibility index (Phi) is 7.23. The summed E-state index contributed by atoms with van der Waals surface area (Å²) < 4.78 is 10.6. The number of carbonyl (C=O) groups is 2. The van der Waals surface area contributed by atoms with Crippen molar-refractivity contribution in [3.8, 4) is 11.5 Å². The molecule has 0 heterocycles. The second-order valence-corrected chi connectivity index (χ2v) is 6.02. The van der Waals surface area contributed by atoms with E-state index < -0.39 is 0 Å². The van der Waals surface area contributed by atoms with Gasteiger partial charge in [-0.2, -0.15) is 0 Å². The first-order chi connectivity index (χ1) is 13.0. The Morgan fingerprint density at radius 1 is 1.07 bits per heavy atom. The van der Waals surface area contributed by atoms with E-state index in [9.17, 15) is 9.59 Å². The molecule has 2 aromatic rings. The average Bonchev–Trinajstić information content (AvgIpc) is 2.68. The van der Waals surface area contributed by atoms with Crippen molar-refractivity contribution in [3.05, 3.63) is 48.0 Å². The van der Waals surface area contributed by atoms with Crippen LogP contribution in [0.2, 0.25) is 0 Å². The molecular formula is C21H26N2O4. The third kappa shape index (κ3) is 5.23. The fourth-order valence-corrected chi connectivity index (χ4v) is 2.83.